The van der Waals surface area contributed by atoms with E-state index >= 15 is 0 Å². The number of rotatable bonds is 3. The lowest BCUT2D eigenvalue weighted by Gasteiger charge is -2.15. The van der Waals surface area contributed by atoms with E-state index in [4.69, 9.17) is 14.4 Å². The number of hydrazone groups is 1. The van der Waals surface area contributed by atoms with Crippen molar-refractivity contribution in [2.24, 2.45) is 5.10 Å². The number of aryl methyl sites for hydroxylation is 1. The molecule has 0 radical (unpaired) electrons. The first-order valence-corrected chi connectivity index (χ1v) is 6.35. The lowest BCUT2D eigenvalue weighted by Crippen LogP contribution is -2.08. The molecule has 0 atom stereocenters. The van der Waals surface area contributed by atoms with Crippen LogP contribution in [0.4, 0.5) is 5.88 Å². The minimum Gasteiger partial charge on any atom is -0.488 e. The summed E-state index contributed by atoms with van der Waals surface area (Å²) in [5, 5.41) is 12.9. The van der Waals surface area contributed by atoms with Gasteiger partial charge in [0.15, 0.2) is 5.89 Å². The molecule has 3 rings (SSSR count). The van der Waals surface area contributed by atoms with Crippen LogP contribution >= 0.6 is 0 Å². The molecule has 0 spiro atoms. The number of fused-ring (bicyclic) bond motifs is 1. The Bertz CT molecular complexity index is 768. The molecule has 2 heterocycles. The Hall–Kier alpha value is -3.07. The summed E-state index contributed by atoms with van der Waals surface area (Å²) in [7, 11) is 0. The number of anilines is 1. The quantitative estimate of drug-likeness (QED) is 0.690. The summed E-state index contributed by atoms with van der Waals surface area (Å²) in [6, 6.07) is 9.72. The summed E-state index contributed by atoms with van der Waals surface area (Å²) >= 11 is 0. The van der Waals surface area contributed by atoms with Gasteiger partial charge in [-0.15, -0.1) is 0 Å². The van der Waals surface area contributed by atoms with Crippen molar-refractivity contribution < 1.29 is 9.15 Å². The van der Waals surface area contributed by atoms with E-state index in [0.29, 0.717) is 12.5 Å². The Morgan fingerprint density at radius 2 is 2.29 bits per heavy atom. The zero-order chi connectivity index (χ0) is 14.7. The second kappa shape index (κ2) is 5.51. The van der Waals surface area contributed by atoms with E-state index < -0.39 is 0 Å². The van der Waals surface area contributed by atoms with Crippen LogP contribution in [0.25, 0.3) is 6.08 Å². The topological polar surface area (TPSA) is 83.4 Å². The number of nitrogens with zero attached hydrogens (tertiary/aromatic N) is 3. The first kappa shape index (κ1) is 12.9. The van der Waals surface area contributed by atoms with Crippen LogP contribution in [0.3, 0.4) is 0 Å². The van der Waals surface area contributed by atoms with Crippen molar-refractivity contribution in [2.45, 2.75) is 6.92 Å². The van der Waals surface area contributed by atoms with Crippen molar-refractivity contribution in [2.75, 3.05) is 12.0 Å². The Morgan fingerprint density at radius 3 is 3.14 bits per heavy atom. The maximum atomic E-state index is 8.89. The van der Waals surface area contributed by atoms with E-state index in [1.54, 1.807) is 13.1 Å². The van der Waals surface area contributed by atoms with Gasteiger partial charge in [0.05, 0.1) is 6.21 Å². The molecular weight excluding hydrogens is 268 g/mol. The highest BCUT2D eigenvalue weighted by atomic mass is 16.5. The third-order valence-corrected chi connectivity index (χ3v) is 2.89. The molecule has 1 N–H and O–H groups in total. The van der Waals surface area contributed by atoms with Crippen LogP contribution in [0.1, 0.15) is 17.1 Å². The van der Waals surface area contributed by atoms with Gasteiger partial charge in [-0.05, 0) is 12.1 Å². The predicted octanol–water partition coefficient (Wildman–Crippen LogP) is 2.73. The zero-order valence-electron chi connectivity index (χ0n) is 11.3. The molecule has 1 aliphatic rings. The van der Waals surface area contributed by atoms with Crippen molar-refractivity contribution in [1.29, 1.82) is 5.26 Å². The maximum Gasteiger partial charge on any atom is 0.252 e. The van der Waals surface area contributed by atoms with E-state index in [-0.39, 0.29) is 11.6 Å². The lowest BCUT2D eigenvalue weighted by molar-refractivity contribution is 0.353. The molecule has 1 aromatic heterocycles. The van der Waals surface area contributed by atoms with Gasteiger partial charge in [0, 0.05) is 18.1 Å². The standard InChI is InChI=1S/C15H12N4O2/c1-10-18-13(7-16)15(21-10)19-17-8-11-6-12-4-2-3-5-14(12)20-9-11/h2-6,8,19H,9H2,1H3. The molecule has 6 heteroatoms. The fourth-order valence-corrected chi connectivity index (χ4v) is 1.96. The van der Waals surface area contributed by atoms with E-state index in [9.17, 15) is 0 Å². The number of aromatic nitrogens is 1. The average molecular weight is 280 g/mol. The minimum absolute atomic E-state index is 0.184. The van der Waals surface area contributed by atoms with Crippen molar-refractivity contribution in [3.63, 3.8) is 0 Å². The van der Waals surface area contributed by atoms with Crippen molar-refractivity contribution >= 4 is 18.2 Å². The summed E-state index contributed by atoms with van der Waals surface area (Å²) in [5.41, 5.74) is 4.79. The largest absolute Gasteiger partial charge is 0.488 e. The van der Waals surface area contributed by atoms with E-state index in [0.717, 1.165) is 16.9 Å². The molecule has 0 fully saturated rings. The molecular formula is C15H12N4O2. The molecule has 0 aliphatic carbocycles. The van der Waals surface area contributed by atoms with Gasteiger partial charge in [0.1, 0.15) is 18.4 Å². The van der Waals surface area contributed by atoms with Gasteiger partial charge >= 0.3 is 0 Å². The van der Waals surface area contributed by atoms with Gasteiger partial charge in [-0.25, -0.2) is 10.4 Å². The van der Waals surface area contributed by atoms with Crippen molar-refractivity contribution in [1.82, 2.24) is 4.98 Å². The number of oxazole rings is 1. The molecule has 6 nitrogen and oxygen atoms in total. The molecule has 0 unspecified atom stereocenters. The Balaban J connectivity index is 1.73. The molecule has 2 aromatic rings. The van der Waals surface area contributed by atoms with Crippen LogP contribution in [-0.4, -0.2) is 17.8 Å². The summed E-state index contributed by atoms with van der Waals surface area (Å²) in [6.45, 7) is 2.12. The van der Waals surface area contributed by atoms with Crippen molar-refractivity contribution in [3.05, 3.63) is 47.0 Å². The van der Waals surface area contributed by atoms with Crippen LogP contribution in [0, 0.1) is 18.3 Å². The number of benzene rings is 1. The summed E-state index contributed by atoms with van der Waals surface area (Å²) in [6.07, 6.45) is 3.63. The van der Waals surface area contributed by atoms with Gasteiger partial charge in [-0.1, -0.05) is 18.2 Å². The maximum absolute atomic E-state index is 8.89. The van der Waals surface area contributed by atoms with E-state index in [1.807, 2.05) is 36.4 Å². The molecule has 0 saturated carbocycles. The average Bonchev–Trinajstić information content (AvgIpc) is 2.87. The summed E-state index contributed by atoms with van der Waals surface area (Å²) < 4.78 is 10.9. The predicted molar refractivity (Wildman–Crippen MR) is 78.0 cm³/mol. The number of ether oxygens (including phenoxy) is 1. The lowest BCUT2D eigenvalue weighted by atomic mass is 10.1. The fraction of sp³-hybridized carbons (Fsp3) is 0.133. The Labute approximate surface area is 121 Å². The van der Waals surface area contributed by atoms with E-state index in [1.165, 1.54) is 0 Å². The number of hydrogen-bond acceptors (Lipinski definition) is 6. The molecule has 0 amide bonds. The molecule has 104 valence electrons. The minimum atomic E-state index is 0.184. The highest BCUT2D eigenvalue weighted by molar-refractivity contribution is 5.88. The molecule has 0 bridgehead atoms. The Kier molecular flexibility index (Phi) is 3.39. The second-order valence-electron chi connectivity index (χ2n) is 4.44. The first-order valence-electron chi connectivity index (χ1n) is 6.35. The molecule has 0 saturated heterocycles. The van der Waals surface area contributed by atoms with Gasteiger partial charge in [-0.2, -0.15) is 10.4 Å². The highest BCUT2D eigenvalue weighted by Crippen LogP contribution is 2.25. The van der Waals surface area contributed by atoms with Gasteiger partial charge in [-0.3, -0.25) is 0 Å². The Morgan fingerprint density at radius 1 is 1.43 bits per heavy atom. The zero-order valence-corrected chi connectivity index (χ0v) is 11.3. The first-order chi connectivity index (χ1) is 10.3. The smallest absolute Gasteiger partial charge is 0.252 e. The van der Waals surface area contributed by atoms with Gasteiger partial charge in [0.25, 0.3) is 5.88 Å². The van der Waals surface area contributed by atoms with Crippen molar-refractivity contribution in [3.8, 4) is 11.8 Å². The van der Waals surface area contributed by atoms with Crippen LogP contribution < -0.4 is 10.2 Å². The van der Waals surface area contributed by atoms with Gasteiger partial charge < -0.3 is 9.15 Å². The third-order valence-electron chi connectivity index (χ3n) is 2.89. The third kappa shape index (κ3) is 2.77. The monoisotopic (exact) mass is 280 g/mol. The highest BCUT2D eigenvalue weighted by Gasteiger charge is 2.10. The molecule has 1 aromatic carbocycles. The number of para-hydroxylation sites is 1. The van der Waals surface area contributed by atoms with Crippen LogP contribution in [0.5, 0.6) is 5.75 Å². The molecule has 21 heavy (non-hydrogen) atoms. The van der Waals surface area contributed by atoms with Crippen LogP contribution in [0.15, 0.2) is 39.4 Å². The number of hydrogen-bond donors (Lipinski definition) is 1. The molecule has 1 aliphatic heterocycles. The summed E-state index contributed by atoms with van der Waals surface area (Å²) in [5.74, 6) is 1.52. The summed E-state index contributed by atoms with van der Waals surface area (Å²) in [4.78, 5) is 3.92. The second-order valence-corrected chi connectivity index (χ2v) is 4.44. The van der Waals surface area contributed by atoms with E-state index in [2.05, 4.69) is 15.5 Å². The van der Waals surface area contributed by atoms with Gasteiger partial charge in [0.2, 0.25) is 5.69 Å². The number of nitrogens with one attached hydrogen (secondary N) is 1. The normalized spacial score (nSPS) is 13.2. The SMILES string of the molecule is Cc1nc(C#N)c(NN=CC2=Cc3ccccc3OC2)o1. The number of nitriles is 1. The van der Waals surface area contributed by atoms with Crippen LogP contribution in [0.2, 0.25) is 0 Å². The van der Waals surface area contributed by atoms with Crippen LogP contribution in [-0.2, 0) is 0 Å². The fourth-order valence-electron chi connectivity index (χ4n) is 1.96.